The van der Waals surface area contributed by atoms with Crippen LogP contribution < -0.4 is 5.32 Å². The number of aryl methyl sites for hydroxylation is 1. The van der Waals surface area contributed by atoms with Crippen molar-refractivity contribution in [2.75, 3.05) is 13.1 Å². The molecule has 18 heavy (non-hydrogen) atoms. The highest BCUT2D eigenvalue weighted by Crippen LogP contribution is 2.08. The van der Waals surface area contributed by atoms with Gasteiger partial charge in [-0.25, -0.2) is 4.79 Å². The Balaban J connectivity index is 1.83. The number of nitrogens with zero attached hydrogens (tertiary/aromatic N) is 1. The van der Waals surface area contributed by atoms with Gasteiger partial charge in [-0.3, -0.25) is 0 Å². The normalized spacial score (nSPS) is 15.9. The minimum absolute atomic E-state index is 0.0121. The molecule has 96 valence electrons. The van der Waals surface area contributed by atoms with Crippen molar-refractivity contribution in [2.45, 2.75) is 26.2 Å². The van der Waals surface area contributed by atoms with Crippen LogP contribution in [0.5, 0.6) is 0 Å². The van der Waals surface area contributed by atoms with Gasteiger partial charge in [-0.1, -0.05) is 29.8 Å². The van der Waals surface area contributed by atoms with Gasteiger partial charge in [0.1, 0.15) is 0 Å². The van der Waals surface area contributed by atoms with Crippen molar-refractivity contribution in [3.8, 4) is 0 Å². The first-order chi connectivity index (χ1) is 8.75. The SMILES string of the molecule is Cc1ccc(/C=C/NC(=O)N2CCCCC2)cc1. The molecule has 1 aromatic carbocycles. The first kappa shape index (κ1) is 12.7. The van der Waals surface area contributed by atoms with Gasteiger partial charge in [0.25, 0.3) is 0 Å². The van der Waals surface area contributed by atoms with E-state index in [-0.39, 0.29) is 6.03 Å². The molecule has 1 aliphatic rings. The Kier molecular flexibility index (Phi) is 4.40. The molecule has 3 nitrogen and oxygen atoms in total. The molecular weight excluding hydrogens is 224 g/mol. The van der Waals surface area contributed by atoms with E-state index in [9.17, 15) is 4.79 Å². The zero-order valence-electron chi connectivity index (χ0n) is 10.9. The number of hydrogen-bond acceptors (Lipinski definition) is 1. The van der Waals surface area contributed by atoms with Crippen LogP contribution in [0.2, 0.25) is 0 Å². The highest BCUT2D eigenvalue weighted by atomic mass is 16.2. The van der Waals surface area contributed by atoms with Crippen LogP contribution in [-0.4, -0.2) is 24.0 Å². The smallest absolute Gasteiger partial charge is 0.321 e. The number of urea groups is 1. The van der Waals surface area contributed by atoms with Crippen LogP contribution in [0.3, 0.4) is 0 Å². The predicted molar refractivity (Wildman–Crippen MR) is 74.2 cm³/mol. The second-order valence-electron chi connectivity index (χ2n) is 4.74. The van der Waals surface area contributed by atoms with Gasteiger partial charge in [-0.05, 0) is 37.8 Å². The summed E-state index contributed by atoms with van der Waals surface area (Å²) in [6, 6.07) is 8.22. The van der Waals surface area contributed by atoms with E-state index in [0.29, 0.717) is 0 Å². The van der Waals surface area contributed by atoms with Crippen molar-refractivity contribution in [2.24, 2.45) is 0 Å². The number of likely N-dealkylation sites (tertiary alicyclic amines) is 1. The molecule has 0 bridgehead atoms. The Labute approximate surface area is 108 Å². The molecule has 3 heteroatoms. The fourth-order valence-corrected chi connectivity index (χ4v) is 2.08. The van der Waals surface area contributed by atoms with Crippen LogP contribution in [-0.2, 0) is 0 Å². The third-order valence-electron chi connectivity index (χ3n) is 3.20. The van der Waals surface area contributed by atoms with Gasteiger partial charge in [0, 0.05) is 19.3 Å². The summed E-state index contributed by atoms with van der Waals surface area (Å²) in [5.74, 6) is 0. The Hall–Kier alpha value is -1.77. The number of nitrogens with one attached hydrogen (secondary N) is 1. The summed E-state index contributed by atoms with van der Waals surface area (Å²) >= 11 is 0. The zero-order valence-corrected chi connectivity index (χ0v) is 10.9. The molecule has 0 aromatic heterocycles. The van der Waals surface area contributed by atoms with Crippen LogP contribution in [0.15, 0.2) is 30.5 Å². The van der Waals surface area contributed by atoms with Gasteiger partial charge in [0.15, 0.2) is 0 Å². The maximum atomic E-state index is 11.8. The summed E-state index contributed by atoms with van der Waals surface area (Å²) in [6.45, 7) is 3.82. The highest BCUT2D eigenvalue weighted by Gasteiger charge is 2.14. The molecule has 0 radical (unpaired) electrons. The topological polar surface area (TPSA) is 32.3 Å². The average molecular weight is 244 g/mol. The van der Waals surface area contributed by atoms with Crippen molar-refractivity contribution in [1.82, 2.24) is 10.2 Å². The summed E-state index contributed by atoms with van der Waals surface area (Å²) < 4.78 is 0. The molecule has 1 aliphatic heterocycles. The molecule has 1 saturated heterocycles. The molecule has 0 saturated carbocycles. The van der Waals surface area contributed by atoms with E-state index in [0.717, 1.165) is 31.5 Å². The molecule has 0 aliphatic carbocycles. The summed E-state index contributed by atoms with van der Waals surface area (Å²) in [7, 11) is 0. The van der Waals surface area contributed by atoms with Crippen molar-refractivity contribution in [1.29, 1.82) is 0 Å². The largest absolute Gasteiger partial charge is 0.325 e. The molecule has 1 N–H and O–H groups in total. The number of piperidine rings is 1. The summed E-state index contributed by atoms with van der Waals surface area (Å²) in [4.78, 5) is 13.7. The Morgan fingerprint density at radius 2 is 1.83 bits per heavy atom. The van der Waals surface area contributed by atoms with Gasteiger partial charge in [-0.15, -0.1) is 0 Å². The van der Waals surface area contributed by atoms with E-state index >= 15 is 0 Å². The summed E-state index contributed by atoms with van der Waals surface area (Å²) in [5, 5.41) is 2.82. The van der Waals surface area contributed by atoms with Gasteiger partial charge in [-0.2, -0.15) is 0 Å². The fraction of sp³-hybridized carbons (Fsp3) is 0.400. The maximum Gasteiger partial charge on any atom is 0.321 e. The van der Waals surface area contributed by atoms with Crippen molar-refractivity contribution in [3.63, 3.8) is 0 Å². The lowest BCUT2D eigenvalue weighted by Crippen LogP contribution is -2.40. The highest BCUT2D eigenvalue weighted by molar-refractivity contribution is 5.76. The minimum atomic E-state index is 0.0121. The quantitative estimate of drug-likeness (QED) is 0.851. The third-order valence-corrected chi connectivity index (χ3v) is 3.20. The molecule has 1 fully saturated rings. The van der Waals surface area contributed by atoms with Gasteiger partial charge in [0.05, 0.1) is 0 Å². The molecule has 2 amide bonds. The van der Waals surface area contributed by atoms with E-state index in [2.05, 4.69) is 24.4 Å². The number of carbonyl (C=O) groups is 1. The van der Waals surface area contributed by atoms with Gasteiger partial charge >= 0.3 is 6.03 Å². The summed E-state index contributed by atoms with van der Waals surface area (Å²) in [5.41, 5.74) is 2.34. The summed E-state index contributed by atoms with van der Waals surface area (Å²) in [6.07, 6.45) is 7.12. The number of amides is 2. The van der Waals surface area contributed by atoms with E-state index < -0.39 is 0 Å². The lowest BCUT2D eigenvalue weighted by Gasteiger charge is -2.26. The van der Waals surface area contributed by atoms with Crippen LogP contribution in [0, 0.1) is 6.92 Å². The fourth-order valence-electron chi connectivity index (χ4n) is 2.08. The molecule has 1 heterocycles. The molecule has 0 atom stereocenters. The van der Waals surface area contributed by atoms with Crippen LogP contribution >= 0.6 is 0 Å². The minimum Gasteiger partial charge on any atom is -0.325 e. The third kappa shape index (κ3) is 3.62. The first-order valence-corrected chi connectivity index (χ1v) is 6.54. The monoisotopic (exact) mass is 244 g/mol. The predicted octanol–water partition coefficient (Wildman–Crippen LogP) is 3.16. The molecular formula is C15H20N2O. The lowest BCUT2D eigenvalue weighted by atomic mass is 10.1. The van der Waals surface area contributed by atoms with E-state index in [1.54, 1.807) is 6.20 Å². The molecule has 0 unspecified atom stereocenters. The number of carbonyl (C=O) groups excluding carboxylic acids is 1. The average Bonchev–Trinajstić information content (AvgIpc) is 2.42. The van der Waals surface area contributed by atoms with E-state index in [4.69, 9.17) is 0 Å². The Morgan fingerprint density at radius 1 is 1.17 bits per heavy atom. The van der Waals surface area contributed by atoms with E-state index in [1.807, 2.05) is 23.1 Å². The standard InChI is InChI=1S/C15H20N2O/c1-13-5-7-14(8-6-13)9-10-16-15(18)17-11-3-2-4-12-17/h5-10H,2-4,11-12H2,1H3,(H,16,18)/b10-9+. The molecule has 0 spiro atoms. The van der Waals surface area contributed by atoms with Crippen LogP contribution in [0.1, 0.15) is 30.4 Å². The maximum absolute atomic E-state index is 11.8. The zero-order chi connectivity index (χ0) is 12.8. The number of hydrogen-bond donors (Lipinski definition) is 1. The van der Waals surface area contributed by atoms with E-state index in [1.165, 1.54) is 12.0 Å². The number of rotatable bonds is 2. The Morgan fingerprint density at radius 3 is 2.50 bits per heavy atom. The van der Waals surface area contributed by atoms with Crippen molar-refractivity contribution >= 4 is 12.1 Å². The second kappa shape index (κ2) is 6.24. The number of benzene rings is 1. The van der Waals surface area contributed by atoms with Gasteiger partial charge in [0.2, 0.25) is 0 Å². The Bertz CT molecular complexity index is 417. The van der Waals surface area contributed by atoms with Crippen LogP contribution in [0.4, 0.5) is 4.79 Å². The second-order valence-corrected chi connectivity index (χ2v) is 4.74. The van der Waals surface area contributed by atoms with Crippen molar-refractivity contribution < 1.29 is 4.79 Å². The lowest BCUT2D eigenvalue weighted by molar-refractivity contribution is 0.190. The molecule has 1 aromatic rings. The van der Waals surface area contributed by atoms with Crippen LogP contribution in [0.25, 0.3) is 6.08 Å². The first-order valence-electron chi connectivity index (χ1n) is 6.54. The molecule has 2 rings (SSSR count). The van der Waals surface area contributed by atoms with Crippen molar-refractivity contribution in [3.05, 3.63) is 41.6 Å². The van der Waals surface area contributed by atoms with Gasteiger partial charge < -0.3 is 10.2 Å².